The van der Waals surface area contributed by atoms with Gasteiger partial charge in [-0.1, -0.05) is 104 Å². The fourth-order valence-corrected chi connectivity index (χ4v) is 5.80. The van der Waals surface area contributed by atoms with Gasteiger partial charge in [-0.15, -0.1) is 0 Å². The van der Waals surface area contributed by atoms with E-state index in [0.29, 0.717) is 19.3 Å². The van der Waals surface area contributed by atoms with Gasteiger partial charge in [-0.2, -0.15) is 0 Å². The maximum absolute atomic E-state index is 12.7. The number of unbranched alkanes of at least 4 members (excludes halogenated alkanes) is 10. The molecule has 0 saturated heterocycles. The fourth-order valence-electron chi connectivity index (χ4n) is 5.80. The Morgan fingerprint density at radius 1 is 0.759 bits per heavy atom. The maximum Gasteiger partial charge on any atom is 0.311 e. The van der Waals surface area contributed by atoms with E-state index in [1.54, 1.807) is 0 Å². The van der Waals surface area contributed by atoms with Gasteiger partial charge in [0.2, 0.25) is 0 Å². The highest BCUT2D eigenvalue weighted by atomic mass is 16.4. The monoisotopic (exact) mass is 410 g/mol. The molecule has 1 rings (SSSR count). The van der Waals surface area contributed by atoms with Crippen molar-refractivity contribution in [3.05, 3.63) is 0 Å². The Kier molecular flexibility index (Phi) is 11.9. The minimum atomic E-state index is -1.12. The first-order chi connectivity index (χ1) is 13.9. The minimum absolute atomic E-state index is 0.0828. The summed E-state index contributed by atoms with van der Waals surface area (Å²) < 4.78 is 0. The molecule has 0 aliphatic heterocycles. The third-order valence-electron chi connectivity index (χ3n) is 7.61. The van der Waals surface area contributed by atoms with Crippen molar-refractivity contribution in [3.63, 3.8) is 0 Å². The fraction of sp³-hybridized carbons (Fsp3) is 0.920. The summed E-state index contributed by atoms with van der Waals surface area (Å²) in [5, 5.41) is 20.7. The van der Waals surface area contributed by atoms with Crippen molar-refractivity contribution < 1.29 is 19.8 Å². The Hall–Kier alpha value is -1.06. The molecule has 1 fully saturated rings. The van der Waals surface area contributed by atoms with Gasteiger partial charge in [-0.3, -0.25) is 9.59 Å². The van der Waals surface area contributed by atoms with Crippen LogP contribution in [0, 0.1) is 16.7 Å². The van der Waals surface area contributed by atoms with Crippen LogP contribution in [0.1, 0.15) is 130 Å². The third-order valence-corrected chi connectivity index (χ3v) is 7.61. The highest BCUT2D eigenvalue weighted by Crippen LogP contribution is 2.59. The zero-order valence-electron chi connectivity index (χ0n) is 19.3. The largest absolute Gasteiger partial charge is 0.481 e. The van der Waals surface area contributed by atoms with Crippen LogP contribution in [-0.4, -0.2) is 22.2 Å². The summed E-state index contributed by atoms with van der Waals surface area (Å²) in [5.41, 5.74) is -2.23. The lowest BCUT2D eigenvalue weighted by atomic mass is 9.48. The molecular formula is C25H46O4. The molecule has 170 valence electrons. The average Bonchev–Trinajstić information content (AvgIpc) is 2.68. The lowest BCUT2D eigenvalue weighted by molar-refractivity contribution is -0.189. The van der Waals surface area contributed by atoms with Crippen LogP contribution in [0.2, 0.25) is 0 Å². The van der Waals surface area contributed by atoms with Gasteiger partial charge in [0.1, 0.15) is 0 Å². The molecule has 0 radical (unpaired) electrons. The zero-order valence-corrected chi connectivity index (χ0v) is 19.3. The Balaban J connectivity index is 2.94. The Morgan fingerprint density at radius 2 is 1.24 bits per heavy atom. The third kappa shape index (κ3) is 6.46. The van der Waals surface area contributed by atoms with Gasteiger partial charge in [0.25, 0.3) is 0 Å². The van der Waals surface area contributed by atoms with Crippen LogP contribution in [0.3, 0.4) is 0 Å². The molecule has 3 unspecified atom stereocenters. The summed E-state index contributed by atoms with van der Waals surface area (Å²) in [6.07, 6.45) is 16.3. The van der Waals surface area contributed by atoms with Crippen LogP contribution in [0.15, 0.2) is 0 Å². The first-order valence-corrected chi connectivity index (χ1v) is 12.4. The van der Waals surface area contributed by atoms with Crippen molar-refractivity contribution in [1.82, 2.24) is 0 Å². The smallest absolute Gasteiger partial charge is 0.311 e. The van der Waals surface area contributed by atoms with Gasteiger partial charge < -0.3 is 10.2 Å². The zero-order chi connectivity index (χ0) is 21.8. The predicted octanol–water partition coefficient (Wildman–Crippen LogP) is 7.45. The van der Waals surface area contributed by atoms with Crippen molar-refractivity contribution in [2.24, 2.45) is 16.7 Å². The Morgan fingerprint density at radius 3 is 1.72 bits per heavy atom. The second-order valence-corrected chi connectivity index (χ2v) is 9.49. The van der Waals surface area contributed by atoms with E-state index in [-0.39, 0.29) is 5.92 Å². The number of rotatable bonds is 16. The van der Waals surface area contributed by atoms with Gasteiger partial charge in [0, 0.05) is 0 Å². The normalized spacial score (nSPS) is 27.1. The van der Waals surface area contributed by atoms with Gasteiger partial charge >= 0.3 is 11.9 Å². The topological polar surface area (TPSA) is 74.6 Å². The molecule has 29 heavy (non-hydrogen) atoms. The van der Waals surface area contributed by atoms with Gasteiger partial charge in [0.05, 0.1) is 10.8 Å². The van der Waals surface area contributed by atoms with Crippen LogP contribution in [0.25, 0.3) is 0 Å². The number of carbonyl (C=O) groups is 2. The van der Waals surface area contributed by atoms with Crippen molar-refractivity contribution in [2.45, 2.75) is 130 Å². The molecule has 1 aliphatic rings. The van der Waals surface area contributed by atoms with Crippen LogP contribution in [0.4, 0.5) is 0 Å². The molecule has 1 saturated carbocycles. The van der Waals surface area contributed by atoms with Crippen molar-refractivity contribution in [3.8, 4) is 0 Å². The summed E-state index contributed by atoms with van der Waals surface area (Å²) in [4.78, 5) is 25.3. The molecule has 4 heteroatoms. The molecule has 2 N–H and O–H groups in total. The lowest BCUT2D eigenvalue weighted by Crippen LogP contribution is -2.58. The Bertz CT molecular complexity index is 489. The number of carboxylic acid groups (broad SMARTS) is 2. The number of aliphatic carboxylic acids is 2. The lowest BCUT2D eigenvalue weighted by Gasteiger charge is -2.52. The van der Waals surface area contributed by atoms with Crippen molar-refractivity contribution >= 4 is 11.9 Å². The van der Waals surface area contributed by atoms with E-state index in [1.807, 2.05) is 6.92 Å². The van der Waals surface area contributed by atoms with E-state index >= 15 is 0 Å². The SMILES string of the molecule is CCCCCCCCC1(C(=O)O)CCCC(C)C1(CCCCCCCC)C(=O)O. The standard InChI is InChI=1S/C25H46O4/c1-4-6-8-10-12-14-18-24(22(26)27)19-16-17-21(3)25(24,23(28)29)20-15-13-11-9-7-5-2/h21H,4-20H2,1-3H3,(H,26,27)(H,28,29). The molecule has 0 spiro atoms. The molecule has 4 nitrogen and oxygen atoms in total. The van der Waals surface area contributed by atoms with E-state index in [1.165, 1.54) is 38.5 Å². The molecule has 1 aliphatic carbocycles. The summed E-state index contributed by atoms with van der Waals surface area (Å²) >= 11 is 0. The highest BCUT2D eigenvalue weighted by Gasteiger charge is 2.64. The first kappa shape index (κ1) is 26.0. The van der Waals surface area contributed by atoms with Crippen LogP contribution >= 0.6 is 0 Å². The van der Waals surface area contributed by atoms with Crippen molar-refractivity contribution in [2.75, 3.05) is 0 Å². The molecule has 3 atom stereocenters. The molecule has 0 aromatic carbocycles. The predicted molar refractivity (Wildman–Crippen MR) is 119 cm³/mol. The number of hydrogen-bond acceptors (Lipinski definition) is 2. The quantitative estimate of drug-likeness (QED) is 0.259. The van der Waals surface area contributed by atoms with E-state index in [0.717, 1.165) is 51.4 Å². The van der Waals surface area contributed by atoms with E-state index in [9.17, 15) is 19.8 Å². The van der Waals surface area contributed by atoms with Gasteiger partial charge in [-0.25, -0.2) is 0 Å². The van der Waals surface area contributed by atoms with E-state index in [4.69, 9.17) is 0 Å². The second kappa shape index (κ2) is 13.3. The number of hydrogen-bond donors (Lipinski definition) is 2. The van der Waals surface area contributed by atoms with Gasteiger partial charge in [0.15, 0.2) is 0 Å². The first-order valence-electron chi connectivity index (χ1n) is 12.4. The summed E-state index contributed by atoms with van der Waals surface area (Å²) in [6, 6.07) is 0. The molecule has 0 heterocycles. The minimum Gasteiger partial charge on any atom is -0.481 e. The summed E-state index contributed by atoms with van der Waals surface area (Å²) in [5.74, 6) is -1.82. The molecule has 0 amide bonds. The molecule has 0 bridgehead atoms. The van der Waals surface area contributed by atoms with Crippen LogP contribution in [-0.2, 0) is 9.59 Å². The Labute approximate surface area is 178 Å². The summed E-state index contributed by atoms with van der Waals surface area (Å²) in [6.45, 7) is 6.36. The van der Waals surface area contributed by atoms with Gasteiger partial charge in [-0.05, 0) is 31.6 Å². The van der Waals surface area contributed by atoms with Crippen LogP contribution in [0.5, 0.6) is 0 Å². The highest BCUT2D eigenvalue weighted by molar-refractivity contribution is 5.87. The average molecular weight is 411 g/mol. The second-order valence-electron chi connectivity index (χ2n) is 9.49. The van der Waals surface area contributed by atoms with E-state index < -0.39 is 22.8 Å². The van der Waals surface area contributed by atoms with Crippen LogP contribution < -0.4 is 0 Å². The summed E-state index contributed by atoms with van der Waals surface area (Å²) in [7, 11) is 0. The molecular weight excluding hydrogens is 364 g/mol. The molecule has 0 aromatic rings. The number of carboxylic acids is 2. The molecule has 0 aromatic heterocycles. The maximum atomic E-state index is 12.7. The van der Waals surface area contributed by atoms with E-state index in [2.05, 4.69) is 13.8 Å². The van der Waals surface area contributed by atoms with Crippen molar-refractivity contribution in [1.29, 1.82) is 0 Å².